The molecular formula is C10H16N2O. The lowest BCUT2D eigenvalue weighted by Crippen LogP contribution is -2.34. The lowest BCUT2D eigenvalue weighted by molar-refractivity contribution is -0.131. The molecule has 2 N–H and O–H groups in total. The van der Waals surface area contributed by atoms with Crippen LogP contribution < -0.4 is 5.73 Å². The van der Waals surface area contributed by atoms with Gasteiger partial charge in [0.2, 0.25) is 5.91 Å². The average Bonchev–Trinajstić information content (AvgIpc) is 2.81. The van der Waals surface area contributed by atoms with Crippen LogP contribution in [-0.2, 0) is 4.79 Å². The third-order valence-corrected chi connectivity index (χ3v) is 2.17. The van der Waals surface area contributed by atoms with E-state index < -0.39 is 0 Å². The van der Waals surface area contributed by atoms with E-state index in [-0.39, 0.29) is 17.9 Å². The molecule has 1 fully saturated rings. The SMILES string of the molecule is C=CCN(CC=C)C(=O)C1CC1N. The maximum atomic E-state index is 11.6. The van der Waals surface area contributed by atoms with Gasteiger partial charge in [-0.25, -0.2) is 0 Å². The Morgan fingerprint density at radius 2 is 1.92 bits per heavy atom. The van der Waals surface area contributed by atoms with Crippen LogP contribution in [0.25, 0.3) is 0 Å². The summed E-state index contributed by atoms with van der Waals surface area (Å²) in [7, 11) is 0. The van der Waals surface area contributed by atoms with Crippen molar-refractivity contribution in [3.63, 3.8) is 0 Å². The van der Waals surface area contributed by atoms with Crippen LogP contribution in [0.3, 0.4) is 0 Å². The van der Waals surface area contributed by atoms with Crippen LogP contribution in [0.4, 0.5) is 0 Å². The van der Waals surface area contributed by atoms with Gasteiger partial charge in [-0.05, 0) is 6.42 Å². The van der Waals surface area contributed by atoms with E-state index in [1.165, 1.54) is 0 Å². The van der Waals surface area contributed by atoms with Crippen LogP contribution >= 0.6 is 0 Å². The van der Waals surface area contributed by atoms with Crippen LogP contribution in [0.2, 0.25) is 0 Å². The van der Waals surface area contributed by atoms with Crippen LogP contribution in [0.5, 0.6) is 0 Å². The third kappa shape index (κ3) is 2.42. The Hall–Kier alpha value is -1.09. The fraction of sp³-hybridized carbons (Fsp3) is 0.500. The minimum atomic E-state index is 0.0416. The molecule has 1 rings (SSSR count). The van der Waals surface area contributed by atoms with Crippen molar-refractivity contribution in [2.75, 3.05) is 13.1 Å². The van der Waals surface area contributed by atoms with Gasteiger partial charge in [0.15, 0.2) is 0 Å². The van der Waals surface area contributed by atoms with Crippen molar-refractivity contribution >= 4 is 5.91 Å². The number of amides is 1. The van der Waals surface area contributed by atoms with Crippen molar-refractivity contribution in [1.29, 1.82) is 0 Å². The standard InChI is InChI=1S/C10H16N2O/c1-3-5-12(6-4-2)10(13)8-7-9(8)11/h3-4,8-9H,1-2,5-7,11H2. The van der Waals surface area contributed by atoms with Gasteiger partial charge in [0.1, 0.15) is 0 Å². The van der Waals surface area contributed by atoms with E-state index in [1.807, 2.05) is 0 Å². The summed E-state index contributed by atoms with van der Waals surface area (Å²) in [6.07, 6.45) is 4.26. The number of carbonyl (C=O) groups is 1. The van der Waals surface area contributed by atoms with Crippen molar-refractivity contribution in [2.45, 2.75) is 12.5 Å². The molecule has 0 radical (unpaired) electrons. The topological polar surface area (TPSA) is 46.3 Å². The maximum absolute atomic E-state index is 11.6. The summed E-state index contributed by atoms with van der Waals surface area (Å²) in [6.45, 7) is 8.36. The van der Waals surface area contributed by atoms with E-state index in [2.05, 4.69) is 13.2 Å². The Bertz CT molecular complexity index is 215. The zero-order valence-electron chi connectivity index (χ0n) is 7.78. The third-order valence-electron chi connectivity index (χ3n) is 2.17. The summed E-state index contributed by atoms with van der Waals surface area (Å²) in [5.41, 5.74) is 5.60. The fourth-order valence-corrected chi connectivity index (χ4v) is 1.30. The Morgan fingerprint density at radius 1 is 1.46 bits per heavy atom. The molecule has 1 aliphatic carbocycles. The van der Waals surface area contributed by atoms with Crippen molar-refractivity contribution in [2.24, 2.45) is 11.7 Å². The van der Waals surface area contributed by atoms with Crippen molar-refractivity contribution in [3.05, 3.63) is 25.3 Å². The second-order valence-electron chi connectivity index (χ2n) is 3.33. The second kappa shape index (κ2) is 4.23. The zero-order valence-corrected chi connectivity index (χ0v) is 7.78. The van der Waals surface area contributed by atoms with Gasteiger partial charge < -0.3 is 10.6 Å². The van der Waals surface area contributed by atoms with Gasteiger partial charge in [-0.3, -0.25) is 4.79 Å². The normalized spacial score (nSPS) is 25.0. The van der Waals surface area contributed by atoms with Crippen LogP contribution in [0.15, 0.2) is 25.3 Å². The second-order valence-corrected chi connectivity index (χ2v) is 3.33. The van der Waals surface area contributed by atoms with Gasteiger partial charge in [-0.1, -0.05) is 12.2 Å². The zero-order chi connectivity index (χ0) is 9.84. The summed E-state index contributed by atoms with van der Waals surface area (Å²) >= 11 is 0. The molecule has 0 spiro atoms. The minimum absolute atomic E-state index is 0.0416. The summed E-state index contributed by atoms with van der Waals surface area (Å²) in [4.78, 5) is 13.4. The molecule has 0 bridgehead atoms. The number of hydrogen-bond donors (Lipinski definition) is 1. The summed E-state index contributed by atoms with van der Waals surface area (Å²) in [5, 5.41) is 0. The largest absolute Gasteiger partial charge is 0.335 e. The van der Waals surface area contributed by atoms with E-state index in [0.29, 0.717) is 13.1 Å². The molecule has 1 aliphatic rings. The highest BCUT2D eigenvalue weighted by atomic mass is 16.2. The van der Waals surface area contributed by atoms with E-state index in [0.717, 1.165) is 6.42 Å². The molecule has 13 heavy (non-hydrogen) atoms. The summed E-state index contributed by atoms with van der Waals surface area (Å²) in [5.74, 6) is 0.173. The molecule has 2 unspecified atom stereocenters. The number of hydrogen-bond acceptors (Lipinski definition) is 2. The van der Waals surface area contributed by atoms with E-state index in [4.69, 9.17) is 5.73 Å². The number of carbonyl (C=O) groups excluding carboxylic acids is 1. The fourth-order valence-electron chi connectivity index (χ4n) is 1.30. The minimum Gasteiger partial charge on any atom is -0.335 e. The van der Waals surface area contributed by atoms with Crippen LogP contribution in [0, 0.1) is 5.92 Å². The molecular weight excluding hydrogens is 164 g/mol. The molecule has 3 heteroatoms. The molecule has 0 saturated heterocycles. The molecule has 3 nitrogen and oxygen atoms in total. The molecule has 0 heterocycles. The molecule has 1 amide bonds. The predicted molar refractivity (Wildman–Crippen MR) is 53.1 cm³/mol. The highest BCUT2D eigenvalue weighted by Crippen LogP contribution is 2.29. The van der Waals surface area contributed by atoms with E-state index in [9.17, 15) is 4.79 Å². The number of nitrogens with two attached hydrogens (primary N) is 1. The number of nitrogens with zero attached hydrogens (tertiary/aromatic N) is 1. The van der Waals surface area contributed by atoms with Gasteiger partial charge in [-0.2, -0.15) is 0 Å². The highest BCUT2D eigenvalue weighted by molar-refractivity contribution is 5.82. The first-order chi connectivity index (χ1) is 6.20. The van der Waals surface area contributed by atoms with Gasteiger partial charge in [0.05, 0.1) is 5.92 Å². The first-order valence-electron chi connectivity index (χ1n) is 4.47. The predicted octanol–water partition coefficient (Wildman–Crippen LogP) is 0.534. The molecule has 1 saturated carbocycles. The van der Waals surface area contributed by atoms with Crippen LogP contribution in [-0.4, -0.2) is 29.9 Å². The van der Waals surface area contributed by atoms with Crippen molar-refractivity contribution in [3.8, 4) is 0 Å². The Kier molecular flexibility index (Phi) is 3.25. The summed E-state index contributed by atoms with van der Waals surface area (Å²) < 4.78 is 0. The molecule has 72 valence electrons. The molecule has 0 aromatic rings. The molecule has 0 aromatic heterocycles. The van der Waals surface area contributed by atoms with Crippen molar-refractivity contribution < 1.29 is 4.79 Å². The lowest BCUT2D eigenvalue weighted by atomic mass is 10.3. The maximum Gasteiger partial charge on any atom is 0.227 e. The van der Waals surface area contributed by atoms with E-state index in [1.54, 1.807) is 17.1 Å². The molecule has 0 aliphatic heterocycles. The monoisotopic (exact) mass is 180 g/mol. The summed E-state index contributed by atoms with van der Waals surface area (Å²) in [6, 6.07) is 0.0737. The quantitative estimate of drug-likeness (QED) is 0.627. The average molecular weight is 180 g/mol. The van der Waals surface area contributed by atoms with Gasteiger partial charge in [-0.15, -0.1) is 13.2 Å². The first-order valence-corrected chi connectivity index (χ1v) is 4.47. The smallest absolute Gasteiger partial charge is 0.227 e. The van der Waals surface area contributed by atoms with Gasteiger partial charge in [0.25, 0.3) is 0 Å². The van der Waals surface area contributed by atoms with Gasteiger partial charge in [0, 0.05) is 19.1 Å². The highest BCUT2D eigenvalue weighted by Gasteiger charge is 2.41. The van der Waals surface area contributed by atoms with E-state index >= 15 is 0 Å². The molecule has 0 aromatic carbocycles. The lowest BCUT2D eigenvalue weighted by Gasteiger charge is -2.18. The van der Waals surface area contributed by atoms with Crippen molar-refractivity contribution in [1.82, 2.24) is 4.90 Å². The van der Waals surface area contributed by atoms with Gasteiger partial charge >= 0.3 is 0 Å². The first kappa shape index (κ1) is 9.99. The Morgan fingerprint density at radius 3 is 2.23 bits per heavy atom. The number of rotatable bonds is 5. The Balaban J connectivity index is 2.47. The Labute approximate surface area is 78.9 Å². The molecule has 2 atom stereocenters. The van der Waals surface area contributed by atoms with Crippen LogP contribution in [0.1, 0.15) is 6.42 Å².